The number of nitrogens with one attached hydrogen (secondary N) is 2. The van der Waals surface area contributed by atoms with E-state index >= 15 is 0 Å². The minimum atomic E-state index is -4.54. The van der Waals surface area contributed by atoms with E-state index in [4.69, 9.17) is 0 Å². The molecule has 27 heavy (non-hydrogen) atoms. The minimum Gasteiger partial charge on any atom is -0.384 e. The first-order chi connectivity index (χ1) is 12.6. The van der Waals surface area contributed by atoms with Crippen molar-refractivity contribution >= 4 is 17.6 Å². The van der Waals surface area contributed by atoms with Crippen molar-refractivity contribution in [2.75, 3.05) is 17.2 Å². The molecule has 3 rings (SSSR count). The van der Waals surface area contributed by atoms with Gasteiger partial charge in [0.1, 0.15) is 22.8 Å². The molecular weight excluding hydrogens is 361 g/mol. The minimum absolute atomic E-state index is 0.0294. The molecule has 0 amide bonds. The van der Waals surface area contributed by atoms with E-state index < -0.39 is 17.3 Å². The van der Waals surface area contributed by atoms with E-state index in [1.807, 2.05) is 0 Å². The maximum absolute atomic E-state index is 13.1. The predicted molar refractivity (Wildman–Crippen MR) is 94.8 cm³/mol. The van der Waals surface area contributed by atoms with E-state index in [1.165, 1.54) is 0 Å². The molecule has 2 aromatic heterocycles. The average molecular weight is 384 g/mol. The van der Waals surface area contributed by atoms with E-state index in [9.17, 15) is 18.3 Å². The van der Waals surface area contributed by atoms with Crippen LogP contribution in [0, 0.1) is 0 Å². The van der Waals surface area contributed by atoms with Gasteiger partial charge in [-0.25, -0.2) is 9.67 Å². The highest BCUT2D eigenvalue weighted by Crippen LogP contribution is 2.37. The van der Waals surface area contributed by atoms with Crippen LogP contribution in [-0.4, -0.2) is 31.4 Å². The summed E-state index contributed by atoms with van der Waals surface area (Å²) in [7, 11) is 0. The van der Waals surface area contributed by atoms with Crippen molar-refractivity contribution in [3.8, 4) is 0 Å². The van der Waals surface area contributed by atoms with E-state index in [-0.39, 0.29) is 17.8 Å². The van der Waals surface area contributed by atoms with Crippen LogP contribution in [0.4, 0.5) is 30.8 Å². The third-order valence-electron chi connectivity index (χ3n) is 4.46. The van der Waals surface area contributed by atoms with Gasteiger partial charge in [-0.1, -0.05) is 0 Å². The van der Waals surface area contributed by atoms with Gasteiger partial charge in [-0.2, -0.15) is 23.3 Å². The fourth-order valence-electron chi connectivity index (χ4n) is 2.76. The largest absolute Gasteiger partial charge is 0.421 e. The quantitative estimate of drug-likeness (QED) is 0.702. The van der Waals surface area contributed by atoms with Crippen LogP contribution < -0.4 is 10.6 Å². The van der Waals surface area contributed by atoms with Crippen LogP contribution in [0.25, 0.3) is 0 Å². The second-order valence-corrected chi connectivity index (χ2v) is 7.11. The zero-order valence-electron chi connectivity index (χ0n) is 15.4. The molecular formula is C17H23F3N6O. The summed E-state index contributed by atoms with van der Waals surface area (Å²) in [6.07, 6.45) is -0.786. The van der Waals surface area contributed by atoms with E-state index in [0.717, 1.165) is 25.5 Å². The van der Waals surface area contributed by atoms with Crippen molar-refractivity contribution < 1.29 is 18.3 Å². The molecule has 0 unspecified atom stereocenters. The molecule has 0 atom stereocenters. The summed E-state index contributed by atoms with van der Waals surface area (Å²) >= 11 is 0. The molecule has 1 aliphatic rings. The Kier molecular flexibility index (Phi) is 5.02. The van der Waals surface area contributed by atoms with Crippen LogP contribution in [0.3, 0.4) is 0 Å². The van der Waals surface area contributed by atoms with Crippen LogP contribution in [0.1, 0.15) is 57.3 Å². The molecule has 7 nitrogen and oxygen atoms in total. The van der Waals surface area contributed by atoms with Crippen LogP contribution in [0.5, 0.6) is 0 Å². The Labute approximate surface area is 155 Å². The Morgan fingerprint density at radius 1 is 1.30 bits per heavy atom. The first-order valence-corrected chi connectivity index (χ1v) is 8.87. The molecule has 0 radical (unpaired) electrons. The summed E-state index contributed by atoms with van der Waals surface area (Å²) in [5.74, 6) is 0.292. The summed E-state index contributed by atoms with van der Waals surface area (Å²) < 4.78 is 41.1. The molecule has 1 fully saturated rings. The van der Waals surface area contributed by atoms with Crippen LogP contribution in [0.2, 0.25) is 0 Å². The number of nitrogens with zero attached hydrogens (tertiary/aromatic N) is 4. The molecule has 148 valence electrons. The van der Waals surface area contributed by atoms with Gasteiger partial charge in [0.2, 0.25) is 5.95 Å². The maximum Gasteiger partial charge on any atom is 0.421 e. The number of hydrogen-bond acceptors (Lipinski definition) is 6. The molecule has 0 spiro atoms. The second kappa shape index (κ2) is 6.99. The van der Waals surface area contributed by atoms with Crippen molar-refractivity contribution in [1.29, 1.82) is 0 Å². The Bertz CT molecular complexity index is 808. The van der Waals surface area contributed by atoms with Gasteiger partial charge in [0.25, 0.3) is 0 Å². The van der Waals surface area contributed by atoms with Gasteiger partial charge in [-0.3, -0.25) is 0 Å². The number of hydrogen-bond donors (Lipinski definition) is 3. The smallest absolute Gasteiger partial charge is 0.384 e. The van der Waals surface area contributed by atoms with Crippen molar-refractivity contribution in [1.82, 2.24) is 19.7 Å². The third kappa shape index (κ3) is 4.15. The van der Waals surface area contributed by atoms with E-state index in [1.54, 1.807) is 31.5 Å². The standard InChI is InChI=1S/C17H23F3N6O/c1-4-21-14-11(17(18,19)20)9-22-15(24-14)23-13-8-12(16(2,3)27)25-26(13)10-6-5-7-10/h8-10,27H,4-7H2,1-3H3,(H2,21,22,23,24). The molecule has 2 aromatic rings. The molecule has 3 N–H and O–H groups in total. The predicted octanol–water partition coefficient (Wildman–Crippen LogP) is 3.82. The Balaban J connectivity index is 1.94. The van der Waals surface area contributed by atoms with Gasteiger partial charge < -0.3 is 15.7 Å². The number of alkyl halides is 3. The van der Waals surface area contributed by atoms with Crippen molar-refractivity contribution in [3.05, 3.63) is 23.5 Å². The Morgan fingerprint density at radius 2 is 2.00 bits per heavy atom. The normalized spacial score (nSPS) is 15.5. The van der Waals surface area contributed by atoms with Crippen LogP contribution in [-0.2, 0) is 11.8 Å². The molecule has 0 bridgehead atoms. The number of aliphatic hydroxyl groups is 1. The van der Waals surface area contributed by atoms with Gasteiger partial charge in [0.05, 0.1) is 11.7 Å². The fraction of sp³-hybridized carbons (Fsp3) is 0.588. The molecule has 1 saturated carbocycles. The Hall–Kier alpha value is -2.36. The summed E-state index contributed by atoms with van der Waals surface area (Å²) in [5.41, 5.74) is -1.59. The van der Waals surface area contributed by atoms with Crippen molar-refractivity contribution in [2.24, 2.45) is 0 Å². The van der Waals surface area contributed by atoms with Crippen LogP contribution in [0.15, 0.2) is 12.3 Å². The third-order valence-corrected chi connectivity index (χ3v) is 4.46. The zero-order valence-corrected chi connectivity index (χ0v) is 15.4. The van der Waals surface area contributed by atoms with Gasteiger partial charge >= 0.3 is 6.18 Å². The van der Waals surface area contributed by atoms with Gasteiger partial charge in [0, 0.05) is 18.8 Å². The lowest BCUT2D eigenvalue weighted by molar-refractivity contribution is -0.137. The highest BCUT2D eigenvalue weighted by atomic mass is 19.4. The van der Waals surface area contributed by atoms with E-state index in [0.29, 0.717) is 18.1 Å². The highest BCUT2D eigenvalue weighted by molar-refractivity contribution is 5.55. The average Bonchev–Trinajstić information content (AvgIpc) is 2.88. The number of aromatic nitrogens is 4. The fourth-order valence-corrected chi connectivity index (χ4v) is 2.76. The lowest BCUT2D eigenvalue weighted by atomic mass is 9.93. The number of anilines is 3. The molecule has 10 heteroatoms. The first-order valence-electron chi connectivity index (χ1n) is 8.87. The van der Waals surface area contributed by atoms with Gasteiger partial charge in [0.15, 0.2) is 0 Å². The lowest BCUT2D eigenvalue weighted by Crippen LogP contribution is -2.22. The Morgan fingerprint density at radius 3 is 2.52 bits per heavy atom. The molecule has 1 aliphatic carbocycles. The summed E-state index contributed by atoms with van der Waals surface area (Å²) in [6.45, 7) is 5.24. The summed E-state index contributed by atoms with van der Waals surface area (Å²) in [5, 5.41) is 20.3. The topological polar surface area (TPSA) is 87.9 Å². The van der Waals surface area contributed by atoms with Crippen molar-refractivity contribution in [2.45, 2.75) is 57.9 Å². The zero-order chi connectivity index (χ0) is 19.8. The number of halogens is 3. The molecule has 0 saturated heterocycles. The second-order valence-electron chi connectivity index (χ2n) is 7.11. The summed E-state index contributed by atoms with van der Waals surface area (Å²) in [4.78, 5) is 7.80. The van der Waals surface area contributed by atoms with E-state index in [2.05, 4.69) is 25.7 Å². The van der Waals surface area contributed by atoms with Crippen molar-refractivity contribution in [3.63, 3.8) is 0 Å². The molecule has 0 aliphatic heterocycles. The number of rotatable bonds is 6. The monoisotopic (exact) mass is 384 g/mol. The summed E-state index contributed by atoms with van der Waals surface area (Å²) in [6, 6.07) is 1.86. The first kappa shape index (κ1) is 19.4. The SMILES string of the molecule is CCNc1nc(Nc2cc(C(C)(C)O)nn2C2CCC2)ncc1C(F)(F)F. The van der Waals surface area contributed by atoms with Gasteiger partial charge in [-0.15, -0.1) is 0 Å². The van der Waals surface area contributed by atoms with Crippen LogP contribution >= 0.6 is 0 Å². The van der Waals surface area contributed by atoms with Gasteiger partial charge in [-0.05, 0) is 40.0 Å². The lowest BCUT2D eigenvalue weighted by Gasteiger charge is -2.27. The maximum atomic E-state index is 13.1. The molecule has 0 aromatic carbocycles. The molecule has 2 heterocycles. The highest BCUT2D eigenvalue weighted by Gasteiger charge is 2.35.